The number of hydrogen-bond acceptors (Lipinski definition) is 7. The summed E-state index contributed by atoms with van der Waals surface area (Å²) in [5.41, 5.74) is 1.96. The first kappa shape index (κ1) is 20.9. The van der Waals surface area contributed by atoms with E-state index in [1.165, 1.54) is 6.33 Å². The Morgan fingerprint density at radius 1 is 1.32 bits per heavy atom. The molecular weight excluding hydrogens is 466 g/mol. The van der Waals surface area contributed by atoms with Gasteiger partial charge in [-0.05, 0) is 30.7 Å². The lowest BCUT2D eigenvalue weighted by Crippen LogP contribution is -2.38. The van der Waals surface area contributed by atoms with Crippen molar-refractivity contribution in [1.29, 1.82) is 0 Å². The highest BCUT2D eigenvalue weighted by Gasteiger charge is 2.29. The topological polar surface area (TPSA) is 114 Å². The van der Waals surface area contributed by atoms with Gasteiger partial charge < -0.3 is 25.4 Å². The zero-order valence-electron chi connectivity index (χ0n) is 16.6. The summed E-state index contributed by atoms with van der Waals surface area (Å²) in [6.07, 6.45) is 1.66. The van der Waals surface area contributed by atoms with Gasteiger partial charge in [-0.2, -0.15) is 0 Å². The van der Waals surface area contributed by atoms with E-state index in [-0.39, 0.29) is 6.61 Å². The normalized spacial score (nSPS) is 15.3. The number of ether oxygens (including phenoxy) is 2. The van der Waals surface area contributed by atoms with Gasteiger partial charge in [-0.3, -0.25) is 4.79 Å². The van der Waals surface area contributed by atoms with Crippen LogP contribution in [0, 0.1) is 0 Å². The fourth-order valence-electron chi connectivity index (χ4n) is 3.06. The number of carbonyl (C=O) groups excluding carboxylic acids is 2. The molecule has 2 heterocycles. The van der Waals surface area contributed by atoms with Crippen LogP contribution in [-0.4, -0.2) is 41.2 Å². The average Bonchev–Trinajstić information content (AvgIpc) is 3.19. The van der Waals surface area contributed by atoms with Gasteiger partial charge in [0, 0.05) is 21.6 Å². The quantitative estimate of drug-likeness (QED) is 0.463. The first-order chi connectivity index (χ1) is 15.0. The number of fused-ring (bicyclic) bond motifs is 1. The number of nitrogens with zero attached hydrogens (tertiary/aromatic N) is 2. The molecular formula is C21H20BrN5O4. The van der Waals surface area contributed by atoms with Crippen LogP contribution in [0.3, 0.4) is 0 Å². The third kappa shape index (κ3) is 4.85. The highest BCUT2D eigenvalue weighted by atomic mass is 79.9. The Hall–Kier alpha value is -3.40. The minimum atomic E-state index is -0.770. The molecule has 31 heavy (non-hydrogen) atoms. The van der Waals surface area contributed by atoms with Gasteiger partial charge in [0.2, 0.25) is 0 Å². The van der Waals surface area contributed by atoms with Crippen LogP contribution in [0.2, 0.25) is 0 Å². The van der Waals surface area contributed by atoms with Gasteiger partial charge in [0.25, 0.3) is 5.91 Å². The van der Waals surface area contributed by atoms with Gasteiger partial charge in [-0.1, -0.05) is 28.9 Å². The van der Waals surface area contributed by atoms with Gasteiger partial charge in [-0.25, -0.2) is 14.8 Å². The maximum atomic E-state index is 12.6. The number of halogens is 1. The Morgan fingerprint density at radius 3 is 2.94 bits per heavy atom. The molecule has 0 radical (unpaired) electrons. The van der Waals surface area contributed by atoms with Gasteiger partial charge in [0.15, 0.2) is 0 Å². The highest BCUT2D eigenvalue weighted by Crippen LogP contribution is 2.34. The van der Waals surface area contributed by atoms with Crippen molar-refractivity contribution in [2.45, 2.75) is 19.4 Å². The number of benzene rings is 2. The third-order valence-electron chi connectivity index (χ3n) is 4.53. The van der Waals surface area contributed by atoms with E-state index in [1.807, 2.05) is 31.2 Å². The Balaban J connectivity index is 1.70. The maximum absolute atomic E-state index is 12.6. The van der Waals surface area contributed by atoms with Crippen molar-refractivity contribution in [2.75, 3.05) is 23.8 Å². The molecule has 2 amide bonds. The van der Waals surface area contributed by atoms with Crippen LogP contribution in [0.5, 0.6) is 5.75 Å². The van der Waals surface area contributed by atoms with E-state index in [1.54, 1.807) is 12.1 Å². The van der Waals surface area contributed by atoms with Crippen molar-refractivity contribution in [2.24, 2.45) is 0 Å². The van der Waals surface area contributed by atoms with Gasteiger partial charge in [-0.15, -0.1) is 0 Å². The lowest BCUT2D eigenvalue weighted by atomic mass is 10.1. The second-order valence-corrected chi connectivity index (χ2v) is 7.77. The van der Waals surface area contributed by atoms with Gasteiger partial charge >= 0.3 is 6.09 Å². The van der Waals surface area contributed by atoms with Crippen LogP contribution in [0.25, 0.3) is 10.9 Å². The molecule has 1 atom stereocenters. The maximum Gasteiger partial charge on any atom is 0.407 e. The van der Waals surface area contributed by atoms with E-state index in [2.05, 4.69) is 41.8 Å². The van der Waals surface area contributed by atoms with Crippen molar-refractivity contribution in [3.8, 4) is 5.75 Å². The summed E-state index contributed by atoms with van der Waals surface area (Å²) in [6.45, 7) is 2.45. The summed E-state index contributed by atoms with van der Waals surface area (Å²) < 4.78 is 11.6. The van der Waals surface area contributed by atoms with E-state index in [4.69, 9.17) is 9.47 Å². The van der Waals surface area contributed by atoms with Gasteiger partial charge in [0.05, 0.1) is 17.8 Å². The third-order valence-corrected chi connectivity index (χ3v) is 5.03. The second-order valence-electron chi connectivity index (χ2n) is 6.86. The molecule has 1 fully saturated rings. The smallest absolute Gasteiger partial charge is 0.407 e. The van der Waals surface area contributed by atoms with Crippen LogP contribution in [0.1, 0.15) is 13.3 Å². The number of amides is 2. The number of nitrogens with one attached hydrogen (secondary N) is 3. The minimum absolute atomic E-state index is 0.0256. The molecule has 0 bridgehead atoms. The Kier molecular flexibility index (Phi) is 6.17. The highest BCUT2D eigenvalue weighted by molar-refractivity contribution is 9.10. The minimum Gasteiger partial charge on any atom is -0.491 e. The zero-order valence-corrected chi connectivity index (χ0v) is 18.2. The van der Waals surface area contributed by atoms with Crippen LogP contribution < -0.4 is 20.7 Å². The molecule has 160 valence electrons. The lowest BCUT2D eigenvalue weighted by Gasteiger charge is -2.16. The van der Waals surface area contributed by atoms with E-state index >= 15 is 0 Å². The summed E-state index contributed by atoms with van der Waals surface area (Å²) in [4.78, 5) is 32.6. The predicted molar refractivity (Wildman–Crippen MR) is 120 cm³/mol. The molecule has 4 rings (SSSR count). The van der Waals surface area contributed by atoms with E-state index in [0.29, 0.717) is 34.8 Å². The van der Waals surface area contributed by atoms with Crippen LogP contribution >= 0.6 is 15.9 Å². The number of rotatable bonds is 7. The fourth-order valence-corrected chi connectivity index (χ4v) is 3.46. The molecule has 10 heteroatoms. The average molecular weight is 486 g/mol. The largest absolute Gasteiger partial charge is 0.491 e. The molecule has 3 N–H and O–H groups in total. The molecule has 1 aromatic heterocycles. The second kappa shape index (κ2) is 9.17. The summed E-state index contributed by atoms with van der Waals surface area (Å²) in [5, 5.41) is 9.27. The SMILES string of the molecule is CCCOc1cc2ncnc(Nc3cccc(Br)c3)c2cc1NC(=O)[C@@H]1COC(=O)N1. The van der Waals surface area contributed by atoms with E-state index < -0.39 is 18.0 Å². The molecule has 1 aliphatic heterocycles. The first-order valence-corrected chi connectivity index (χ1v) is 10.5. The van der Waals surface area contributed by atoms with E-state index in [9.17, 15) is 9.59 Å². The summed E-state index contributed by atoms with van der Waals surface area (Å²) in [5.74, 6) is 0.670. The number of hydrogen-bond donors (Lipinski definition) is 3. The summed E-state index contributed by atoms with van der Waals surface area (Å²) >= 11 is 3.46. The Bertz CT molecular complexity index is 1140. The van der Waals surface area contributed by atoms with Crippen molar-refractivity contribution >= 4 is 56.0 Å². The van der Waals surface area contributed by atoms with Crippen LogP contribution in [0.4, 0.5) is 22.0 Å². The number of carbonyl (C=O) groups is 2. The fraction of sp³-hybridized carbons (Fsp3) is 0.238. The van der Waals surface area contributed by atoms with Crippen molar-refractivity contribution in [1.82, 2.24) is 15.3 Å². The van der Waals surface area contributed by atoms with E-state index in [0.717, 1.165) is 16.6 Å². The molecule has 0 spiro atoms. The van der Waals surface area contributed by atoms with Crippen molar-refractivity contribution in [3.63, 3.8) is 0 Å². The Morgan fingerprint density at radius 2 is 2.19 bits per heavy atom. The number of cyclic esters (lactones) is 1. The summed E-state index contributed by atoms with van der Waals surface area (Å²) in [6, 6.07) is 10.4. The Labute approximate surface area is 186 Å². The van der Waals surface area contributed by atoms with Crippen molar-refractivity contribution < 1.29 is 19.1 Å². The predicted octanol–water partition coefficient (Wildman–Crippen LogP) is 3.97. The molecule has 2 aromatic carbocycles. The zero-order chi connectivity index (χ0) is 21.8. The van der Waals surface area contributed by atoms with Crippen LogP contribution in [-0.2, 0) is 9.53 Å². The number of alkyl carbamates (subject to hydrolysis) is 1. The molecule has 1 saturated heterocycles. The number of aromatic nitrogens is 2. The first-order valence-electron chi connectivity index (χ1n) is 9.72. The molecule has 1 aliphatic rings. The van der Waals surface area contributed by atoms with Crippen LogP contribution in [0.15, 0.2) is 47.2 Å². The monoisotopic (exact) mass is 485 g/mol. The van der Waals surface area contributed by atoms with Gasteiger partial charge in [0.1, 0.15) is 30.5 Å². The molecule has 0 aliphatic carbocycles. The number of anilines is 3. The summed E-state index contributed by atoms with van der Waals surface area (Å²) in [7, 11) is 0. The molecule has 9 nitrogen and oxygen atoms in total. The standard InChI is InChI=1S/C21H20BrN5O4/c1-2-6-30-18-9-15-14(8-16(18)26-20(28)17-10-31-21(29)27-17)19(24-11-23-15)25-13-5-3-4-12(22)7-13/h3-5,7-9,11,17H,2,6,10H2,1H3,(H,26,28)(H,27,29)(H,23,24,25)/t17-/m0/s1. The molecule has 0 saturated carbocycles. The molecule has 0 unspecified atom stereocenters. The lowest BCUT2D eigenvalue weighted by molar-refractivity contribution is -0.117. The van der Waals surface area contributed by atoms with Crippen molar-refractivity contribution in [3.05, 3.63) is 47.2 Å². The molecule has 3 aromatic rings.